The van der Waals surface area contributed by atoms with Gasteiger partial charge >= 0.3 is 20.4 Å². The minimum Gasteiger partial charge on any atom is -0.481 e. The van der Waals surface area contributed by atoms with E-state index in [0.717, 1.165) is 12.5 Å². The Morgan fingerprint density at radius 1 is 0.580 bits per heavy atom. The van der Waals surface area contributed by atoms with Crippen LogP contribution < -0.4 is 25.7 Å². The second kappa shape index (κ2) is 18.2. The molecule has 1 aliphatic rings. The molecule has 0 bridgehead atoms. The van der Waals surface area contributed by atoms with Crippen LogP contribution in [0.5, 0.6) is 0 Å². The van der Waals surface area contributed by atoms with Gasteiger partial charge in [-0.1, -0.05) is 83.9 Å². The van der Waals surface area contributed by atoms with E-state index in [-0.39, 0.29) is 20.4 Å². The molecule has 1 heterocycles. The molecule has 0 unspecified atom stereocenters. The van der Waals surface area contributed by atoms with Gasteiger partial charge in [0.25, 0.3) is 5.97 Å². The van der Waals surface area contributed by atoms with Crippen molar-refractivity contribution >= 4 is 41.2 Å². The van der Waals surface area contributed by atoms with Gasteiger partial charge in [0, 0.05) is 23.6 Å². The fraction of sp³-hybridized carbons (Fsp3) is 0.205. The smallest absolute Gasteiger partial charge is 0.481 e. The second-order valence-electron chi connectivity index (χ2n) is 12.9. The number of aryl methyl sites for hydroxylation is 8. The molecule has 0 aliphatic carbocycles. The molecule has 5 aromatic carbocycles. The summed E-state index contributed by atoms with van der Waals surface area (Å²) in [7, 11) is -1.03. The monoisotopic (exact) mass is 775 g/mol. The molecule has 6 heteroatoms. The standard InChI is InChI=1S/C21H25N2.C21H20P.C2H4O2.Pd/c1-14-9-16(3)20(17(4)10-14)22-7-8-23(13-22)21-18(5)11-15(2)12-19(21)6;1-16-10-4-7-13-19(16)22(20-14-8-5-11-17(20)2)21-15-9-6-12-18(21)3;1-2(3)4;/h7-13H,1-6H3;4-15H,1H2,2-3H3;1H3,(H,3,4);/q2*-1;;+2/p+1. The first-order valence-electron chi connectivity index (χ1n) is 16.6. The molecule has 4 nitrogen and oxygen atoms in total. The van der Waals surface area contributed by atoms with Gasteiger partial charge in [0.15, 0.2) is 0 Å². The minimum atomic E-state index is -1.03. The Morgan fingerprint density at radius 3 is 1.24 bits per heavy atom. The predicted octanol–water partition coefficient (Wildman–Crippen LogP) is 9.52. The van der Waals surface area contributed by atoms with Gasteiger partial charge in [-0.3, -0.25) is 4.79 Å². The molecule has 0 saturated carbocycles. The molecule has 50 heavy (non-hydrogen) atoms. The SMILES string of the molecule is CC(=O)O.Cc1cc(C)c(N2C=CN(c3c(C)cc(C)cc3C)[CH-]2)c(C)c1.[CH2-]c1ccccc1[PH+](c1ccccc1C)c1ccccc1C.[Pd+2]. The van der Waals surface area contributed by atoms with Crippen LogP contribution in [0.4, 0.5) is 11.4 Å². The number of rotatable bonds is 5. The number of benzene rings is 5. The summed E-state index contributed by atoms with van der Waals surface area (Å²) in [5.74, 6) is -0.833. The molecule has 1 N–H and O–H groups in total. The molecular formula is C44H50N2O2PPd+. The summed E-state index contributed by atoms with van der Waals surface area (Å²) >= 11 is 0. The van der Waals surface area contributed by atoms with Gasteiger partial charge < -0.3 is 14.9 Å². The minimum absolute atomic E-state index is 0. The van der Waals surface area contributed by atoms with Crippen molar-refractivity contribution in [2.24, 2.45) is 0 Å². The largest absolute Gasteiger partial charge is 2.00 e. The van der Waals surface area contributed by atoms with Gasteiger partial charge in [-0.15, -0.1) is 12.7 Å². The van der Waals surface area contributed by atoms with Crippen molar-refractivity contribution < 1.29 is 30.3 Å². The molecule has 1 aliphatic heterocycles. The molecule has 0 fully saturated rings. The summed E-state index contributed by atoms with van der Waals surface area (Å²) < 4.78 is 0. The fourth-order valence-electron chi connectivity index (χ4n) is 6.68. The van der Waals surface area contributed by atoms with Crippen LogP contribution in [0.1, 0.15) is 57.0 Å². The zero-order valence-electron chi connectivity index (χ0n) is 30.7. The van der Waals surface area contributed by atoms with E-state index in [4.69, 9.17) is 9.90 Å². The maximum absolute atomic E-state index is 9.00. The van der Waals surface area contributed by atoms with E-state index in [9.17, 15) is 0 Å². The molecule has 0 radical (unpaired) electrons. The number of aliphatic carboxylic acids is 1. The number of nitrogens with zero attached hydrogens (tertiary/aromatic N) is 2. The van der Waals surface area contributed by atoms with E-state index in [1.807, 2.05) is 0 Å². The first-order valence-corrected chi connectivity index (χ1v) is 18.1. The van der Waals surface area contributed by atoms with Crippen molar-refractivity contribution in [3.8, 4) is 0 Å². The predicted molar refractivity (Wildman–Crippen MR) is 213 cm³/mol. The average molecular weight is 776 g/mol. The zero-order valence-corrected chi connectivity index (χ0v) is 33.3. The van der Waals surface area contributed by atoms with Crippen molar-refractivity contribution in [3.63, 3.8) is 0 Å². The summed E-state index contributed by atoms with van der Waals surface area (Å²) in [5.41, 5.74) is 14.3. The van der Waals surface area contributed by atoms with Crippen LogP contribution in [0.25, 0.3) is 0 Å². The number of hydrogen-bond acceptors (Lipinski definition) is 3. The van der Waals surface area contributed by atoms with Gasteiger partial charge in [-0.05, 0) is 113 Å². The molecule has 0 aromatic heterocycles. The van der Waals surface area contributed by atoms with Crippen molar-refractivity contribution in [2.75, 3.05) is 9.80 Å². The summed E-state index contributed by atoms with van der Waals surface area (Å²) in [6.07, 6.45) is 4.28. The molecule has 0 atom stereocenters. The first-order chi connectivity index (χ1) is 23.3. The van der Waals surface area contributed by atoms with Crippen LogP contribution in [-0.4, -0.2) is 11.1 Å². The molecule has 262 valence electrons. The van der Waals surface area contributed by atoms with E-state index in [1.165, 1.54) is 71.8 Å². The Bertz CT molecular complexity index is 1740. The van der Waals surface area contributed by atoms with Gasteiger partial charge in [0.2, 0.25) is 0 Å². The van der Waals surface area contributed by atoms with Crippen molar-refractivity contribution in [1.82, 2.24) is 0 Å². The first kappa shape index (κ1) is 40.3. The van der Waals surface area contributed by atoms with Gasteiger partial charge in [0.1, 0.15) is 0 Å². The summed E-state index contributed by atoms with van der Waals surface area (Å²) in [6, 6.07) is 35.1. The van der Waals surface area contributed by atoms with Crippen molar-refractivity contribution in [1.29, 1.82) is 0 Å². The van der Waals surface area contributed by atoms with Crippen LogP contribution in [0.15, 0.2) is 109 Å². The molecule has 5 aromatic rings. The van der Waals surface area contributed by atoms with E-state index in [1.54, 1.807) is 0 Å². The Balaban J connectivity index is 0.000000240. The zero-order chi connectivity index (χ0) is 35.8. The second-order valence-corrected chi connectivity index (χ2v) is 15.3. The number of anilines is 2. The van der Waals surface area contributed by atoms with Crippen LogP contribution in [0.3, 0.4) is 0 Å². The number of carboxylic acid groups (broad SMARTS) is 1. The van der Waals surface area contributed by atoms with Gasteiger partial charge in [0.05, 0.1) is 18.5 Å². The maximum atomic E-state index is 9.00. The summed E-state index contributed by atoms with van der Waals surface area (Å²) in [6.45, 7) is 25.0. The van der Waals surface area contributed by atoms with Crippen LogP contribution in [-0.2, 0) is 25.2 Å². The van der Waals surface area contributed by atoms with Crippen molar-refractivity contribution in [2.45, 2.75) is 62.3 Å². The average Bonchev–Trinajstić information content (AvgIpc) is 3.48. The molecule has 0 saturated heterocycles. The fourth-order valence-corrected chi connectivity index (χ4v) is 9.70. The number of carbonyl (C=O) groups is 1. The number of hydrogen-bond donors (Lipinski definition) is 1. The maximum Gasteiger partial charge on any atom is 2.00 e. The molecular weight excluding hydrogens is 726 g/mol. The third-order valence-corrected chi connectivity index (χ3v) is 11.8. The van der Waals surface area contributed by atoms with Gasteiger partial charge in [-0.2, -0.15) is 18.6 Å². The summed E-state index contributed by atoms with van der Waals surface area (Å²) in [4.78, 5) is 13.5. The number of carboxylic acids is 1. The normalized spacial score (nSPS) is 11.7. The van der Waals surface area contributed by atoms with E-state index < -0.39 is 13.9 Å². The van der Waals surface area contributed by atoms with E-state index in [0.29, 0.717) is 0 Å². The Kier molecular flexibility index (Phi) is 14.7. The van der Waals surface area contributed by atoms with Gasteiger partial charge in [-0.25, -0.2) is 0 Å². The molecule has 0 amide bonds. The Morgan fingerprint density at radius 2 is 0.900 bits per heavy atom. The molecule has 0 spiro atoms. The van der Waals surface area contributed by atoms with Crippen LogP contribution >= 0.6 is 7.92 Å². The molecule has 6 rings (SSSR count). The Hall–Kier alpha value is -4.13. The third-order valence-electron chi connectivity index (χ3n) is 8.54. The third kappa shape index (κ3) is 9.98. The van der Waals surface area contributed by atoms with Crippen LogP contribution in [0, 0.1) is 69.0 Å². The van der Waals surface area contributed by atoms with Crippen LogP contribution in [0.2, 0.25) is 0 Å². The van der Waals surface area contributed by atoms with Crippen molar-refractivity contribution in [3.05, 3.63) is 173 Å². The van der Waals surface area contributed by atoms with E-state index >= 15 is 0 Å². The van der Waals surface area contributed by atoms with E-state index in [2.05, 4.69) is 188 Å². The topological polar surface area (TPSA) is 43.8 Å². The Labute approximate surface area is 315 Å². The summed E-state index contributed by atoms with van der Waals surface area (Å²) in [5, 5.41) is 11.7. The quantitative estimate of drug-likeness (QED) is 0.110.